The second-order valence-electron chi connectivity index (χ2n) is 15.6. The van der Waals surface area contributed by atoms with Crippen LogP contribution in [0.1, 0.15) is 176 Å². The van der Waals surface area contributed by atoms with E-state index < -0.39 is 0 Å². The van der Waals surface area contributed by atoms with Gasteiger partial charge in [-0.1, -0.05) is 123 Å². The molecule has 2 unspecified atom stereocenters. The molecule has 2 fully saturated rings. The second kappa shape index (κ2) is 16.2. The highest BCUT2D eigenvalue weighted by molar-refractivity contribution is 5.21. The van der Waals surface area contributed by atoms with E-state index in [-0.39, 0.29) is 0 Å². The Morgan fingerprint density at radius 2 is 1.51 bits per heavy atom. The molecule has 0 N–H and O–H groups in total. The molecule has 0 aromatic rings. The van der Waals surface area contributed by atoms with E-state index in [2.05, 4.69) is 60.3 Å². The van der Waals surface area contributed by atoms with E-state index in [0.29, 0.717) is 10.8 Å². The van der Waals surface area contributed by atoms with Crippen LogP contribution in [-0.4, -0.2) is 0 Å². The van der Waals surface area contributed by atoms with Crippen molar-refractivity contribution >= 4 is 0 Å². The van der Waals surface area contributed by atoms with E-state index in [1.807, 2.05) is 5.57 Å². The third-order valence-corrected chi connectivity index (χ3v) is 12.6. The number of fused-ring (bicyclic) bond motifs is 1. The first-order valence-corrected chi connectivity index (χ1v) is 18.1. The molecule has 7 atom stereocenters. The first kappa shape index (κ1) is 33.0. The Kier molecular flexibility index (Phi) is 13.7. The van der Waals surface area contributed by atoms with Crippen molar-refractivity contribution in [3.8, 4) is 0 Å². The third kappa shape index (κ3) is 8.98. The Hall–Kier alpha value is -0.520. The lowest BCUT2D eigenvalue weighted by Gasteiger charge is -2.52. The van der Waals surface area contributed by atoms with Gasteiger partial charge in [0.15, 0.2) is 0 Å². The maximum Gasteiger partial charge on any atom is -0.00878 e. The van der Waals surface area contributed by atoms with Crippen LogP contribution in [0.3, 0.4) is 0 Å². The number of hydrogen-bond donors (Lipinski definition) is 0. The smallest absolute Gasteiger partial charge is 0.00878 e. The van der Waals surface area contributed by atoms with Crippen molar-refractivity contribution in [3.05, 3.63) is 24.3 Å². The third-order valence-electron chi connectivity index (χ3n) is 12.6. The van der Waals surface area contributed by atoms with Gasteiger partial charge in [0.2, 0.25) is 0 Å². The first-order chi connectivity index (χ1) is 18.7. The molecule has 0 nitrogen and oxygen atoms in total. The highest BCUT2D eigenvalue weighted by atomic mass is 14.6. The first-order valence-electron chi connectivity index (χ1n) is 18.1. The minimum absolute atomic E-state index is 0.485. The predicted octanol–water partition coefficient (Wildman–Crippen LogP) is 13.1. The van der Waals surface area contributed by atoms with Gasteiger partial charge in [-0.05, 0) is 117 Å². The summed E-state index contributed by atoms with van der Waals surface area (Å²) in [6, 6.07) is 0. The van der Waals surface area contributed by atoms with Gasteiger partial charge >= 0.3 is 0 Å². The zero-order valence-electron chi connectivity index (χ0n) is 27.7. The molecular formula is C39H70. The lowest BCUT2D eigenvalue weighted by Crippen LogP contribution is -2.43. The van der Waals surface area contributed by atoms with E-state index in [4.69, 9.17) is 0 Å². The highest BCUT2D eigenvalue weighted by Gasteiger charge is 2.53. The number of hydrogen-bond acceptors (Lipinski definition) is 0. The van der Waals surface area contributed by atoms with Crippen LogP contribution in [0.2, 0.25) is 0 Å². The Bertz CT molecular complexity index is 728. The van der Waals surface area contributed by atoms with Crippen LogP contribution in [0, 0.1) is 46.3 Å². The summed E-state index contributed by atoms with van der Waals surface area (Å²) in [5.41, 5.74) is 2.96. The molecule has 39 heavy (non-hydrogen) atoms. The quantitative estimate of drug-likeness (QED) is 0.120. The minimum Gasteiger partial charge on any atom is -0.103 e. The summed E-state index contributed by atoms with van der Waals surface area (Å²) in [6.07, 6.45) is 35.0. The van der Waals surface area contributed by atoms with Crippen LogP contribution in [0.15, 0.2) is 24.3 Å². The maximum absolute atomic E-state index is 3.84. The normalized spacial score (nSPS) is 33.7. The van der Waals surface area contributed by atoms with Crippen molar-refractivity contribution in [2.45, 2.75) is 176 Å². The van der Waals surface area contributed by atoms with Crippen LogP contribution < -0.4 is 0 Å². The molecule has 0 aromatic carbocycles. The van der Waals surface area contributed by atoms with Crippen LogP contribution in [0.25, 0.3) is 0 Å². The van der Waals surface area contributed by atoms with Gasteiger partial charge in [-0.25, -0.2) is 0 Å². The molecule has 226 valence electrons. The van der Waals surface area contributed by atoms with Gasteiger partial charge in [-0.3, -0.25) is 0 Å². The van der Waals surface area contributed by atoms with Crippen molar-refractivity contribution in [1.82, 2.24) is 0 Å². The topological polar surface area (TPSA) is 0 Å². The Morgan fingerprint density at radius 1 is 0.821 bits per heavy atom. The van der Waals surface area contributed by atoms with Crippen LogP contribution in [-0.2, 0) is 0 Å². The molecule has 0 aliphatic heterocycles. The fourth-order valence-electron chi connectivity index (χ4n) is 9.80. The molecule has 0 heterocycles. The summed E-state index contributed by atoms with van der Waals surface area (Å²) in [6.45, 7) is 19.1. The van der Waals surface area contributed by atoms with E-state index >= 15 is 0 Å². The monoisotopic (exact) mass is 539 g/mol. The number of allylic oxidation sites excluding steroid dienone is 3. The summed E-state index contributed by atoms with van der Waals surface area (Å²) in [5, 5.41) is 0. The van der Waals surface area contributed by atoms with Crippen molar-refractivity contribution < 1.29 is 0 Å². The fourth-order valence-corrected chi connectivity index (χ4v) is 9.80. The molecule has 0 spiro atoms. The van der Waals surface area contributed by atoms with Gasteiger partial charge in [0, 0.05) is 0 Å². The molecule has 3 aliphatic carbocycles. The van der Waals surface area contributed by atoms with Crippen LogP contribution >= 0.6 is 0 Å². The zero-order chi connectivity index (χ0) is 28.3. The van der Waals surface area contributed by atoms with Crippen molar-refractivity contribution in [2.75, 3.05) is 0 Å². The van der Waals surface area contributed by atoms with Crippen LogP contribution in [0.4, 0.5) is 0 Å². The summed E-state index contributed by atoms with van der Waals surface area (Å²) in [7, 11) is 0. The minimum atomic E-state index is 0.485. The lowest BCUT2D eigenvalue weighted by atomic mass is 9.53. The highest BCUT2D eigenvalue weighted by Crippen LogP contribution is 2.63. The van der Waals surface area contributed by atoms with Crippen LogP contribution in [0.5, 0.6) is 0 Å². The largest absolute Gasteiger partial charge is 0.103 e. The summed E-state index contributed by atoms with van der Waals surface area (Å²) in [4.78, 5) is 0. The van der Waals surface area contributed by atoms with Gasteiger partial charge in [0.25, 0.3) is 0 Å². The molecule has 0 bridgehead atoms. The summed E-state index contributed by atoms with van der Waals surface area (Å²) >= 11 is 0. The molecule has 0 heteroatoms. The maximum atomic E-state index is 3.84. The Labute approximate surface area is 246 Å². The standard InChI is InChI=1S/C39H70/c1-8-10-11-12-13-14-15-16-17-18-22-33-25-27-38(6,34(9-2)29-33)36-26-28-39(7)35(30-36)23-24-37(39)32(5)21-19-20-31(3)4/h8,29,31-33,35-37H,1,9-28,30H2,2-7H3/t32-,33+,35?,36?,37-,38+,39+/m1/s1. The molecule has 3 aliphatic rings. The van der Waals surface area contributed by atoms with Gasteiger partial charge in [-0.15, -0.1) is 6.58 Å². The van der Waals surface area contributed by atoms with E-state index in [9.17, 15) is 0 Å². The lowest BCUT2D eigenvalue weighted by molar-refractivity contribution is 0.00674. The Morgan fingerprint density at radius 3 is 2.18 bits per heavy atom. The second-order valence-corrected chi connectivity index (χ2v) is 15.6. The summed E-state index contributed by atoms with van der Waals surface area (Å²) in [5.74, 6) is 5.56. The van der Waals surface area contributed by atoms with Gasteiger partial charge in [0.1, 0.15) is 0 Å². The van der Waals surface area contributed by atoms with Gasteiger partial charge in [0.05, 0.1) is 0 Å². The molecule has 3 rings (SSSR count). The van der Waals surface area contributed by atoms with Crippen molar-refractivity contribution in [1.29, 1.82) is 0 Å². The average molecular weight is 539 g/mol. The van der Waals surface area contributed by atoms with E-state index in [1.165, 1.54) is 135 Å². The Balaban J connectivity index is 1.45. The van der Waals surface area contributed by atoms with Crippen molar-refractivity contribution in [3.63, 3.8) is 0 Å². The molecule has 0 amide bonds. The molecule has 0 radical (unpaired) electrons. The number of unbranched alkanes of at least 4 members (excludes halogenated alkanes) is 8. The fraction of sp³-hybridized carbons (Fsp3) is 0.897. The SMILES string of the molecule is C=CCCCCCCCCCC[C@@H]1C=C(CC)[C@@](C)(C2CC[C@@]3(C)C(CC[C@@H]3[C@H](C)CCCC(C)C)C2)CC1. The summed E-state index contributed by atoms with van der Waals surface area (Å²) < 4.78 is 0. The predicted molar refractivity (Wildman–Crippen MR) is 175 cm³/mol. The average Bonchev–Trinajstić information content (AvgIpc) is 3.26. The zero-order valence-corrected chi connectivity index (χ0v) is 27.7. The van der Waals surface area contributed by atoms with Gasteiger partial charge < -0.3 is 0 Å². The molecule has 0 saturated heterocycles. The van der Waals surface area contributed by atoms with E-state index in [0.717, 1.165) is 35.5 Å². The molecule has 0 aromatic heterocycles. The van der Waals surface area contributed by atoms with Crippen molar-refractivity contribution in [2.24, 2.45) is 46.3 Å². The number of rotatable bonds is 18. The molecular weight excluding hydrogens is 468 g/mol. The van der Waals surface area contributed by atoms with E-state index in [1.54, 1.807) is 0 Å². The van der Waals surface area contributed by atoms with Gasteiger partial charge in [-0.2, -0.15) is 0 Å². The molecule has 2 saturated carbocycles.